The standard InChI is InChI=1S/C30H42N2O5/c1-19(2)13-26(30(36)37-23-11-6-7-12-23)31-17-21-9-8-10-22(14-21)18-32(5)29(35)25-15-24(20(3)4)27(33)16-28(25)34/h8-10,14-16,19-20,23,26,31,33-34H,6-7,11-13,17-18H2,1-5H3/t26-/m1/s1. The predicted octanol–water partition coefficient (Wildman–Crippen LogP) is 5.48. The van der Waals surface area contributed by atoms with Crippen molar-refractivity contribution < 1.29 is 24.5 Å². The zero-order valence-corrected chi connectivity index (χ0v) is 22.8. The SMILES string of the molecule is CC(C)C[C@@H](NCc1cccc(CN(C)C(=O)c2cc(C(C)C)c(O)cc2O)c1)C(=O)OC1CCCC1. The molecule has 37 heavy (non-hydrogen) atoms. The van der Waals surface area contributed by atoms with Crippen LogP contribution in [-0.4, -0.2) is 46.2 Å². The number of amides is 1. The van der Waals surface area contributed by atoms with Crippen molar-refractivity contribution in [1.29, 1.82) is 0 Å². The Morgan fingerprint density at radius 1 is 1.03 bits per heavy atom. The molecule has 3 N–H and O–H groups in total. The fourth-order valence-electron chi connectivity index (χ4n) is 4.84. The van der Waals surface area contributed by atoms with Gasteiger partial charge in [0, 0.05) is 26.2 Å². The van der Waals surface area contributed by atoms with Crippen LogP contribution in [0.4, 0.5) is 0 Å². The van der Waals surface area contributed by atoms with Gasteiger partial charge in [-0.2, -0.15) is 0 Å². The molecule has 202 valence electrons. The largest absolute Gasteiger partial charge is 0.508 e. The van der Waals surface area contributed by atoms with Crippen LogP contribution < -0.4 is 5.32 Å². The molecule has 1 amide bonds. The van der Waals surface area contributed by atoms with Crippen LogP contribution in [0.15, 0.2) is 36.4 Å². The zero-order valence-electron chi connectivity index (χ0n) is 22.8. The Bertz CT molecular complexity index is 1080. The summed E-state index contributed by atoms with van der Waals surface area (Å²) in [6.45, 7) is 8.90. The van der Waals surface area contributed by atoms with Crippen LogP contribution in [0.2, 0.25) is 0 Å². The van der Waals surface area contributed by atoms with Crippen LogP contribution in [0.3, 0.4) is 0 Å². The number of carbonyl (C=O) groups is 2. The molecule has 0 bridgehead atoms. The van der Waals surface area contributed by atoms with Crippen molar-refractivity contribution in [2.45, 2.75) is 91.0 Å². The van der Waals surface area contributed by atoms with E-state index in [4.69, 9.17) is 4.74 Å². The number of phenolic OH excluding ortho intramolecular Hbond substituents is 2. The molecule has 0 aliphatic heterocycles. The molecule has 1 atom stereocenters. The summed E-state index contributed by atoms with van der Waals surface area (Å²) in [7, 11) is 1.69. The normalized spacial score (nSPS) is 14.8. The van der Waals surface area contributed by atoms with Crippen LogP contribution in [0.5, 0.6) is 11.5 Å². The highest BCUT2D eigenvalue weighted by atomic mass is 16.5. The van der Waals surface area contributed by atoms with E-state index in [2.05, 4.69) is 19.2 Å². The van der Waals surface area contributed by atoms with Gasteiger partial charge in [-0.1, -0.05) is 52.0 Å². The molecule has 2 aromatic rings. The first-order valence-corrected chi connectivity index (χ1v) is 13.4. The summed E-state index contributed by atoms with van der Waals surface area (Å²) < 4.78 is 5.77. The molecule has 0 spiro atoms. The Morgan fingerprint density at radius 3 is 2.35 bits per heavy atom. The number of hydrogen-bond donors (Lipinski definition) is 3. The summed E-state index contributed by atoms with van der Waals surface area (Å²) in [5.74, 6) is -0.387. The molecule has 7 nitrogen and oxygen atoms in total. The molecule has 1 fully saturated rings. The molecule has 1 saturated carbocycles. The van der Waals surface area contributed by atoms with Gasteiger partial charge in [-0.05, 0) is 66.7 Å². The number of benzene rings is 2. The number of hydrogen-bond acceptors (Lipinski definition) is 6. The molecule has 1 aliphatic carbocycles. The average molecular weight is 511 g/mol. The molecule has 3 rings (SSSR count). The van der Waals surface area contributed by atoms with Crippen molar-refractivity contribution in [3.8, 4) is 11.5 Å². The summed E-state index contributed by atoms with van der Waals surface area (Å²) in [5, 5.41) is 23.8. The number of aromatic hydroxyl groups is 2. The van der Waals surface area contributed by atoms with Crippen molar-refractivity contribution in [2.75, 3.05) is 7.05 Å². The minimum absolute atomic E-state index is 0.0107. The lowest BCUT2D eigenvalue weighted by Crippen LogP contribution is -2.40. The monoisotopic (exact) mass is 510 g/mol. The number of nitrogens with zero attached hydrogens (tertiary/aromatic N) is 1. The van der Waals surface area contributed by atoms with Gasteiger partial charge in [0.1, 0.15) is 23.6 Å². The van der Waals surface area contributed by atoms with Crippen LogP contribution in [-0.2, 0) is 22.6 Å². The first-order chi connectivity index (χ1) is 17.5. The fourth-order valence-corrected chi connectivity index (χ4v) is 4.84. The molecule has 0 radical (unpaired) electrons. The van der Waals surface area contributed by atoms with Crippen LogP contribution in [0, 0.1) is 5.92 Å². The van der Waals surface area contributed by atoms with Crippen molar-refractivity contribution in [2.24, 2.45) is 5.92 Å². The third-order valence-electron chi connectivity index (χ3n) is 6.88. The second-order valence-corrected chi connectivity index (χ2v) is 11.0. The lowest BCUT2D eigenvalue weighted by atomic mass is 9.98. The van der Waals surface area contributed by atoms with Crippen molar-refractivity contribution in [1.82, 2.24) is 10.2 Å². The van der Waals surface area contributed by atoms with Gasteiger partial charge in [0.2, 0.25) is 0 Å². The molecule has 7 heteroatoms. The van der Waals surface area contributed by atoms with E-state index in [1.54, 1.807) is 18.0 Å². The zero-order chi connectivity index (χ0) is 27.1. The lowest BCUT2D eigenvalue weighted by molar-refractivity contribution is -0.151. The van der Waals surface area contributed by atoms with E-state index in [1.165, 1.54) is 6.07 Å². The van der Waals surface area contributed by atoms with Gasteiger partial charge in [-0.15, -0.1) is 0 Å². The maximum absolute atomic E-state index is 13.1. The Labute approximate surface area is 220 Å². The van der Waals surface area contributed by atoms with E-state index in [0.717, 1.165) is 36.8 Å². The molecule has 1 aliphatic rings. The van der Waals surface area contributed by atoms with Gasteiger partial charge < -0.3 is 25.2 Å². The third kappa shape index (κ3) is 7.96. The van der Waals surface area contributed by atoms with Gasteiger partial charge in [-0.25, -0.2) is 0 Å². The molecule has 0 heterocycles. The second-order valence-electron chi connectivity index (χ2n) is 11.0. The summed E-state index contributed by atoms with van der Waals surface area (Å²) in [5.41, 5.74) is 2.73. The minimum atomic E-state index is -0.360. The molecular formula is C30H42N2O5. The van der Waals surface area contributed by atoms with Gasteiger partial charge in [0.15, 0.2) is 0 Å². The molecule has 0 saturated heterocycles. The van der Waals surface area contributed by atoms with Crippen LogP contribution in [0.25, 0.3) is 0 Å². The van der Waals surface area contributed by atoms with Gasteiger partial charge in [-0.3, -0.25) is 9.59 Å². The highest BCUT2D eigenvalue weighted by Crippen LogP contribution is 2.33. The third-order valence-corrected chi connectivity index (χ3v) is 6.88. The topological polar surface area (TPSA) is 99.1 Å². The van der Waals surface area contributed by atoms with Crippen molar-refractivity contribution in [3.05, 3.63) is 58.7 Å². The smallest absolute Gasteiger partial charge is 0.323 e. The first kappa shape index (κ1) is 28.5. The molecule has 0 unspecified atom stereocenters. The van der Waals surface area contributed by atoms with Crippen LogP contribution in [0.1, 0.15) is 92.8 Å². The van der Waals surface area contributed by atoms with E-state index in [-0.39, 0.29) is 47.0 Å². The number of esters is 1. The summed E-state index contributed by atoms with van der Waals surface area (Å²) in [6.07, 6.45) is 4.90. The maximum atomic E-state index is 13.1. The second kappa shape index (κ2) is 13.0. The average Bonchev–Trinajstić information content (AvgIpc) is 3.34. The summed E-state index contributed by atoms with van der Waals surface area (Å²) in [6, 6.07) is 10.3. The highest BCUT2D eigenvalue weighted by molar-refractivity contribution is 5.97. The maximum Gasteiger partial charge on any atom is 0.323 e. The van der Waals surface area contributed by atoms with Crippen molar-refractivity contribution in [3.63, 3.8) is 0 Å². The number of rotatable bonds is 11. The summed E-state index contributed by atoms with van der Waals surface area (Å²) in [4.78, 5) is 27.5. The van der Waals surface area contributed by atoms with E-state index in [0.29, 0.717) is 31.0 Å². The van der Waals surface area contributed by atoms with Crippen molar-refractivity contribution >= 4 is 11.9 Å². The quantitative estimate of drug-likeness (QED) is 0.346. The number of ether oxygens (including phenoxy) is 1. The predicted molar refractivity (Wildman–Crippen MR) is 145 cm³/mol. The Morgan fingerprint density at radius 2 is 1.70 bits per heavy atom. The van der Waals surface area contributed by atoms with E-state index in [9.17, 15) is 19.8 Å². The van der Waals surface area contributed by atoms with Crippen LogP contribution >= 0.6 is 0 Å². The highest BCUT2D eigenvalue weighted by Gasteiger charge is 2.26. The summed E-state index contributed by atoms with van der Waals surface area (Å²) >= 11 is 0. The number of phenols is 2. The Hall–Kier alpha value is -3.06. The lowest BCUT2D eigenvalue weighted by Gasteiger charge is -2.22. The Kier molecular flexibility index (Phi) is 9.98. The molecule has 0 aromatic heterocycles. The van der Waals surface area contributed by atoms with E-state index < -0.39 is 0 Å². The fraction of sp³-hybridized carbons (Fsp3) is 0.533. The molecule has 2 aromatic carbocycles. The van der Waals surface area contributed by atoms with E-state index >= 15 is 0 Å². The van der Waals surface area contributed by atoms with Gasteiger partial charge >= 0.3 is 5.97 Å². The van der Waals surface area contributed by atoms with Gasteiger partial charge in [0.25, 0.3) is 5.91 Å². The van der Waals surface area contributed by atoms with E-state index in [1.807, 2.05) is 38.1 Å². The number of nitrogens with one attached hydrogen (secondary N) is 1. The Balaban J connectivity index is 1.65. The van der Waals surface area contributed by atoms with Gasteiger partial charge in [0.05, 0.1) is 5.56 Å². The number of carbonyl (C=O) groups excluding carboxylic acids is 2. The molecular weight excluding hydrogens is 468 g/mol. The first-order valence-electron chi connectivity index (χ1n) is 13.4. The minimum Gasteiger partial charge on any atom is -0.508 e.